The monoisotopic (exact) mass is 136 g/mol. The van der Waals surface area contributed by atoms with Gasteiger partial charge >= 0.3 is 0 Å². The van der Waals surface area contributed by atoms with Crippen LogP contribution in [0.25, 0.3) is 0 Å². The van der Waals surface area contributed by atoms with Gasteiger partial charge in [0.2, 0.25) is 0 Å². The van der Waals surface area contributed by atoms with Crippen LogP contribution in [0.4, 0.5) is 0 Å². The fourth-order valence-electron chi connectivity index (χ4n) is 0.209. The van der Waals surface area contributed by atoms with Crippen LogP contribution in [0.1, 0.15) is 6.92 Å². The number of hydrogen-bond donors (Lipinski definition) is 1. The van der Waals surface area contributed by atoms with Gasteiger partial charge in [0.25, 0.3) is 0 Å². The SMILES string of the molecule is CCOCCO.COC. The van der Waals surface area contributed by atoms with Gasteiger partial charge in [0.05, 0.1) is 13.2 Å². The molecule has 0 aliphatic carbocycles. The lowest BCUT2D eigenvalue weighted by Crippen LogP contribution is -1.96. The first-order valence-electron chi connectivity index (χ1n) is 2.92. The fraction of sp³-hybridized carbons (Fsp3) is 1.00. The van der Waals surface area contributed by atoms with Crippen molar-refractivity contribution in [2.75, 3.05) is 34.0 Å². The highest BCUT2D eigenvalue weighted by Gasteiger charge is 1.73. The van der Waals surface area contributed by atoms with Crippen molar-refractivity contribution in [1.29, 1.82) is 0 Å². The van der Waals surface area contributed by atoms with Gasteiger partial charge in [0.1, 0.15) is 0 Å². The lowest BCUT2D eigenvalue weighted by atomic mass is 10.8. The molecule has 58 valence electrons. The molecule has 0 unspecified atom stereocenters. The van der Waals surface area contributed by atoms with E-state index in [9.17, 15) is 0 Å². The van der Waals surface area contributed by atoms with E-state index in [1.54, 1.807) is 14.2 Å². The van der Waals surface area contributed by atoms with Crippen molar-refractivity contribution in [2.24, 2.45) is 0 Å². The number of methoxy groups -OCH3 is 1. The van der Waals surface area contributed by atoms with Crippen LogP contribution in [0.15, 0.2) is 0 Å². The lowest BCUT2D eigenvalue weighted by Gasteiger charge is -1.91. The predicted molar refractivity (Wildman–Crippen MR) is 36.5 cm³/mol. The van der Waals surface area contributed by atoms with E-state index < -0.39 is 0 Å². The molecule has 3 heteroatoms. The summed E-state index contributed by atoms with van der Waals surface area (Å²) in [7, 11) is 3.25. The highest BCUT2D eigenvalue weighted by atomic mass is 16.5. The average Bonchev–Trinajstić information content (AvgIpc) is 1.86. The highest BCUT2D eigenvalue weighted by molar-refractivity contribution is 4.18. The quantitative estimate of drug-likeness (QED) is 0.566. The molecule has 0 rings (SSSR count). The minimum atomic E-state index is 0.133. The van der Waals surface area contributed by atoms with Crippen molar-refractivity contribution in [2.45, 2.75) is 6.92 Å². The molecule has 0 aliphatic rings. The minimum Gasteiger partial charge on any atom is -0.394 e. The summed E-state index contributed by atoms with van der Waals surface area (Å²) < 4.78 is 8.98. The maximum absolute atomic E-state index is 8.07. The van der Waals surface area contributed by atoms with Crippen LogP contribution in [0.5, 0.6) is 0 Å². The van der Waals surface area contributed by atoms with E-state index >= 15 is 0 Å². The first kappa shape index (κ1) is 11.6. The number of rotatable bonds is 3. The summed E-state index contributed by atoms with van der Waals surface area (Å²) in [6, 6.07) is 0. The summed E-state index contributed by atoms with van der Waals surface area (Å²) in [5.74, 6) is 0. The van der Waals surface area contributed by atoms with Gasteiger partial charge in [-0.25, -0.2) is 0 Å². The Bertz CT molecular complexity index is 27.5. The molecule has 3 nitrogen and oxygen atoms in total. The van der Waals surface area contributed by atoms with Crippen molar-refractivity contribution >= 4 is 0 Å². The second kappa shape index (κ2) is 15.7. The first-order valence-corrected chi connectivity index (χ1v) is 2.92. The molecule has 0 amide bonds. The second-order valence-electron chi connectivity index (χ2n) is 1.33. The van der Waals surface area contributed by atoms with E-state index in [1.165, 1.54) is 0 Å². The van der Waals surface area contributed by atoms with Gasteiger partial charge in [0, 0.05) is 20.8 Å². The molecule has 0 bridgehead atoms. The Morgan fingerprint density at radius 1 is 1.33 bits per heavy atom. The van der Waals surface area contributed by atoms with Crippen molar-refractivity contribution < 1.29 is 14.6 Å². The number of hydrogen-bond acceptors (Lipinski definition) is 3. The van der Waals surface area contributed by atoms with Gasteiger partial charge in [-0.15, -0.1) is 0 Å². The van der Waals surface area contributed by atoms with Gasteiger partial charge in [-0.05, 0) is 6.92 Å². The molecule has 0 aliphatic heterocycles. The molecular weight excluding hydrogens is 120 g/mol. The summed E-state index contributed by atoms with van der Waals surface area (Å²) in [5, 5.41) is 8.07. The Hall–Kier alpha value is -0.120. The van der Waals surface area contributed by atoms with Gasteiger partial charge in [-0.2, -0.15) is 0 Å². The summed E-state index contributed by atoms with van der Waals surface area (Å²) >= 11 is 0. The van der Waals surface area contributed by atoms with Crippen LogP contribution >= 0.6 is 0 Å². The molecule has 0 atom stereocenters. The third kappa shape index (κ3) is 32.8. The Labute approximate surface area is 56.6 Å². The lowest BCUT2D eigenvalue weighted by molar-refractivity contribution is 0.102. The normalized spacial score (nSPS) is 8.00. The van der Waals surface area contributed by atoms with E-state index in [0.717, 1.165) is 0 Å². The number of aliphatic hydroxyl groups is 1. The standard InChI is InChI=1S/C4H10O2.C2H6O/c1-2-6-4-3-5;1-3-2/h5H,2-4H2,1H3;1-2H3. The molecule has 0 aromatic carbocycles. The van der Waals surface area contributed by atoms with Crippen LogP contribution in [0.2, 0.25) is 0 Å². The van der Waals surface area contributed by atoms with Crippen LogP contribution in [0.3, 0.4) is 0 Å². The molecule has 0 spiro atoms. The Morgan fingerprint density at radius 2 is 1.78 bits per heavy atom. The molecule has 0 aromatic rings. The number of ether oxygens (including phenoxy) is 2. The summed E-state index contributed by atoms with van der Waals surface area (Å²) in [5.41, 5.74) is 0. The second-order valence-corrected chi connectivity index (χ2v) is 1.33. The van der Waals surface area contributed by atoms with Crippen molar-refractivity contribution in [3.05, 3.63) is 0 Å². The Morgan fingerprint density at radius 3 is 1.89 bits per heavy atom. The van der Waals surface area contributed by atoms with Crippen molar-refractivity contribution in [3.63, 3.8) is 0 Å². The van der Waals surface area contributed by atoms with Crippen molar-refractivity contribution in [3.8, 4) is 0 Å². The zero-order chi connectivity index (χ0) is 7.54. The molecule has 0 radical (unpaired) electrons. The average molecular weight is 136 g/mol. The van der Waals surface area contributed by atoms with E-state index in [1.807, 2.05) is 6.92 Å². The zero-order valence-electron chi connectivity index (χ0n) is 6.39. The topological polar surface area (TPSA) is 38.7 Å². The van der Waals surface area contributed by atoms with Gasteiger partial charge in [-0.1, -0.05) is 0 Å². The Balaban J connectivity index is 0. The van der Waals surface area contributed by atoms with E-state index in [4.69, 9.17) is 9.84 Å². The van der Waals surface area contributed by atoms with Gasteiger partial charge in [0.15, 0.2) is 0 Å². The molecule has 1 N–H and O–H groups in total. The molecular formula is C6H16O3. The predicted octanol–water partition coefficient (Wildman–Crippen LogP) is 0.278. The molecule has 0 saturated carbocycles. The fourth-order valence-corrected chi connectivity index (χ4v) is 0.209. The third-order valence-corrected chi connectivity index (χ3v) is 0.440. The van der Waals surface area contributed by atoms with Crippen LogP contribution in [0, 0.1) is 0 Å². The molecule has 0 heterocycles. The van der Waals surface area contributed by atoms with Gasteiger partial charge in [-0.3, -0.25) is 0 Å². The summed E-state index contributed by atoms with van der Waals surface area (Å²) in [6.45, 7) is 3.20. The number of aliphatic hydroxyl groups excluding tert-OH is 1. The smallest absolute Gasteiger partial charge is 0.0697 e. The van der Waals surface area contributed by atoms with E-state index in [0.29, 0.717) is 13.2 Å². The maximum Gasteiger partial charge on any atom is 0.0697 e. The summed E-state index contributed by atoms with van der Waals surface area (Å²) in [6.07, 6.45) is 0. The van der Waals surface area contributed by atoms with Crippen LogP contribution in [-0.2, 0) is 9.47 Å². The largest absolute Gasteiger partial charge is 0.394 e. The molecule has 0 saturated heterocycles. The minimum absolute atomic E-state index is 0.133. The van der Waals surface area contributed by atoms with Crippen LogP contribution in [-0.4, -0.2) is 39.1 Å². The molecule has 9 heavy (non-hydrogen) atoms. The van der Waals surface area contributed by atoms with E-state index in [-0.39, 0.29) is 6.61 Å². The molecule has 0 aromatic heterocycles. The zero-order valence-corrected chi connectivity index (χ0v) is 6.39. The summed E-state index contributed by atoms with van der Waals surface area (Å²) in [4.78, 5) is 0. The van der Waals surface area contributed by atoms with Crippen molar-refractivity contribution in [1.82, 2.24) is 0 Å². The van der Waals surface area contributed by atoms with Gasteiger partial charge < -0.3 is 14.6 Å². The van der Waals surface area contributed by atoms with E-state index in [2.05, 4.69) is 4.74 Å². The highest BCUT2D eigenvalue weighted by Crippen LogP contribution is 1.66. The Kier molecular flexibility index (Phi) is 20.3. The third-order valence-electron chi connectivity index (χ3n) is 0.440. The van der Waals surface area contributed by atoms with Crippen LogP contribution < -0.4 is 0 Å². The molecule has 0 fully saturated rings. The maximum atomic E-state index is 8.07. The first-order chi connectivity index (χ1) is 4.33.